The molecule has 0 aromatic rings. The quantitative estimate of drug-likeness (QED) is 0.712. The van der Waals surface area contributed by atoms with E-state index in [2.05, 4.69) is 15.6 Å². The summed E-state index contributed by atoms with van der Waals surface area (Å²) in [5, 5.41) is 2.69. The molecule has 0 aromatic heterocycles. The summed E-state index contributed by atoms with van der Waals surface area (Å²) in [6, 6.07) is -0.844. The summed E-state index contributed by atoms with van der Waals surface area (Å²) < 4.78 is 35.3. The zero-order valence-corrected chi connectivity index (χ0v) is 10.4. The lowest BCUT2D eigenvalue weighted by atomic mass is 10.0. The molecule has 0 aromatic carbocycles. The van der Waals surface area contributed by atoms with Gasteiger partial charge < -0.3 is 5.32 Å². The van der Waals surface area contributed by atoms with Crippen LogP contribution in [0.5, 0.6) is 0 Å². The van der Waals surface area contributed by atoms with Crippen molar-refractivity contribution in [2.24, 2.45) is 0 Å². The Bertz CT molecular complexity index is 254. The third kappa shape index (κ3) is 7.98. The zero-order valence-electron chi connectivity index (χ0n) is 10.4. The van der Waals surface area contributed by atoms with Gasteiger partial charge in [0.15, 0.2) is 6.61 Å². The highest BCUT2D eigenvalue weighted by molar-refractivity contribution is 5.81. The first-order chi connectivity index (χ1) is 7.57. The fourth-order valence-electron chi connectivity index (χ4n) is 0.832. The van der Waals surface area contributed by atoms with E-state index in [0.717, 1.165) is 6.42 Å². The Morgan fingerprint density at radius 1 is 1.35 bits per heavy atom. The molecule has 0 aliphatic carbocycles. The van der Waals surface area contributed by atoms with Crippen LogP contribution in [-0.2, 0) is 9.63 Å². The van der Waals surface area contributed by atoms with Crippen LogP contribution in [0.3, 0.4) is 0 Å². The molecule has 1 atom stereocenters. The van der Waals surface area contributed by atoms with Crippen molar-refractivity contribution >= 4 is 5.91 Å². The van der Waals surface area contributed by atoms with Crippen LogP contribution in [0.15, 0.2) is 0 Å². The van der Waals surface area contributed by atoms with Gasteiger partial charge in [0.25, 0.3) is 0 Å². The lowest BCUT2D eigenvalue weighted by Gasteiger charge is -2.26. The lowest BCUT2D eigenvalue weighted by Crippen LogP contribution is -2.51. The minimum absolute atomic E-state index is 0.392. The smallest absolute Gasteiger partial charge is 0.350 e. The molecule has 1 unspecified atom stereocenters. The van der Waals surface area contributed by atoms with Crippen LogP contribution in [-0.4, -0.2) is 30.3 Å². The summed E-state index contributed by atoms with van der Waals surface area (Å²) in [5.41, 5.74) is 1.66. The highest BCUT2D eigenvalue weighted by Crippen LogP contribution is 2.13. The largest absolute Gasteiger partial charge is 0.413 e. The molecule has 0 radical (unpaired) electrons. The van der Waals surface area contributed by atoms with Crippen LogP contribution in [0, 0.1) is 0 Å². The third-order valence-corrected chi connectivity index (χ3v) is 2.23. The number of carbonyl (C=O) groups excluding carboxylic acids is 1. The first-order valence-electron chi connectivity index (χ1n) is 5.33. The number of nitrogens with one attached hydrogen (secondary N) is 2. The number of alkyl halides is 3. The third-order valence-electron chi connectivity index (χ3n) is 2.23. The molecule has 4 nitrogen and oxygen atoms in total. The maximum Gasteiger partial charge on any atom is 0.413 e. The molecule has 102 valence electrons. The molecule has 0 rings (SSSR count). The Morgan fingerprint density at radius 3 is 2.29 bits per heavy atom. The Hall–Kier alpha value is -0.820. The molecule has 0 heterocycles. The summed E-state index contributed by atoms with van der Waals surface area (Å²) in [5.74, 6) is -0.404. The fourth-order valence-corrected chi connectivity index (χ4v) is 0.832. The van der Waals surface area contributed by atoms with Crippen LogP contribution >= 0.6 is 0 Å². The minimum Gasteiger partial charge on any atom is -0.350 e. The van der Waals surface area contributed by atoms with Gasteiger partial charge in [-0.05, 0) is 27.2 Å². The van der Waals surface area contributed by atoms with Gasteiger partial charge in [-0.2, -0.15) is 18.7 Å². The van der Waals surface area contributed by atoms with E-state index in [1.165, 1.54) is 6.92 Å². The van der Waals surface area contributed by atoms with Gasteiger partial charge in [-0.15, -0.1) is 0 Å². The predicted octanol–water partition coefficient (Wildman–Crippen LogP) is 1.76. The van der Waals surface area contributed by atoms with Crippen molar-refractivity contribution in [1.29, 1.82) is 0 Å². The summed E-state index contributed by atoms with van der Waals surface area (Å²) in [6.45, 7) is 5.56. The number of hydroxylamine groups is 1. The van der Waals surface area contributed by atoms with E-state index in [0.29, 0.717) is 0 Å². The van der Waals surface area contributed by atoms with Crippen LogP contribution in [0.2, 0.25) is 0 Å². The van der Waals surface area contributed by atoms with Crippen molar-refractivity contribution in [2.75, 3.05) is 6.61 Å². The second kappa shape index (κ2) is 6.20. The molecule has 0 saturated heterocycles. The molecule has 0 spiro atoms. The Morgan fingerprint density at radius 2 is 1.88 bits per heavy atom. The van der Waals surface area contributed by atoms with E-state index in [4.69, 9.17) is 0 Å². The Balaban J connectivity index is 3.99. The molecule has 17 heavy (non-hydrogen) atoms. The van der Waals surface area contributed by atoms with Crippen molar-refractivity contribution in [2.45, 2.75) is 51.9 Å². The first kappa shape index (κ1) is 16.2. The molecule has 7 heteroatoms. The second-order valence-electron chi connectivity index (χ2n) is 4.47. The van der Waals surface area contributed by atoms with Crippen molar-refractivity contribution in [3.63, 3.8) is 0 Å². The van der Waals surface area contributed by atoms with Gasteiger partial charge in [0.2, 0.25) is 5.91 Å². The molecule has 1 amide bonds. The average molecular weight is 256 g/mol. The van der Waals surface area contributed by atoms with Gasteiger partial charge in [0.05, 0.1) is 0 Å². The van der Waals surface area contributed by atoms with E-state index < -0.39 is 30.3 Å². The van der Waals surface area contributed by atoms with E-state index in [-0.39, 0.29) is 0 Å². The molecule has 0 aliphatic heterocycles. The normalized spacial score (nSPS) is 14.5. The highest BCUT2D eigenvalue weighted by Gasteiger charge is 2.29. The van der Waals surface area contributed by atoms with Gasteiger partial charge in [-0.3, -0.25) is 9.63 Å². The second-order valence-corrected chi connectivity index (χ2v) is 4.47. The number of amides is 1. The van der Waals surface area contributed by atoms with Crippen molar-refractivity contribution in [3.8, 4) is 0 Å². The molecule has 0 aliphatic rings. The summed E-state index contributed by atoms with van der Waals surface area (Å²) in [7, 11) is 0. The van der Waals surface area contributed by atoms with E-state index in [9.17, 15) is 18.0 Å². The van der Waals surface area contributed by atoms with Crippen molar-refractivity contribution in [3.05, 3.63) is 0 Å². The topological polar surface area (TPSA) is 50.4 Å². The maximum atomic E-state index is 11.8. The number of hydrogen-bond donors (Lipinski definition) is 2. The summed E-state index contributed by atoms with van der Waals surface area (Å²) in [6.07, 6.45) is -3.69. The maximum absolute atomic E-state index is 11.8. The highest BCUT2D eigenvalue weighted by atomic mass is 19.4. The number of carbonyl (C=O) groups is 1. The van der Waals surface area contributed by atoms with Gasteiger partial charge >= 0.3 is 6.18 Å². The van der Waals surface area contributed by atoms with Gasteiger partial charge in [0.1, 0.15) is 6.04 Å². The van der Waals surface area contributed by atoms with Crippen LogP contribution in [0.25, 0.3) is 0 Å². The molecular formula is C10H19F3N2O2. The Labute approximate surface area is 98.8 Å². The monoisotopic (exact) mass is 256 g/mol. The summed E-state index contributed by atoms with van der Waals surface area (Å²) in [4.78, 5) is 15.7. The Kier molecular flexibility index (Phi) is 5.91. The number of halogens is 3. The van der Waals surface area contributed by atoms with Crippen molar-refractivity contribution in [1.82, 2.24) is 10.8 Å². The number of rotatable bonds is 6. The van der Waals surface area contributed by atoms with Gasteiger partial charge in [0, 0.05) is 5.54 Å². The average Bonchev–Trinajstić information content (AvgIpc) is 2.15. The standard InChI is InChI=1S/C10H19F3N2O2/c1-5-9(3,4)14-8(16)7(2)15-17-6-10(11,12)13/h7,15H,5-6H2,1-4H3,(H,14,16). The molecule has 0 bridgehead atoms. The van der Waals surface area contributed by atoms with Crippen LogP contribution in [0.1, 0.15) is 34.1 Å². The van der Waals surface area contributed by atoms with E-state index >= 15 is 0 Å². The molecule has 2 N–H and O–H groups in total. The summed E-state index contributed by atoms with van der Waals surface area (Å²) >= 11 is 0. The molecule has 0 fully saturated rings. The molecule has 0 saturated carbocycles. The fraction of sp³-hybridized carbons (Fsp3) is 0.900. The van der Waals surface area contributed by atoms with Gasteiger partial charge in [-0.1, -0.05) is 6.92 Å². The lowest BCUT2D eigenvalue weighted by molar-refractivity contribution is -0.193. The SMILES string of the molecule is CCC(C)(C)NC(=O)C(C)NOCC(F)(F)F. The molecular weight excluding hydrogens is 237 g/mol. The van der Waals surface area contributed by atoms with E-state index in [1.54, 1.807) is 0 Å². The predicted molar refractivity (Wildman–Crippen MR) is 57.1 cm³/mol. The first-order valence-corrected chi connectivity index (χ1v) is 5.33. The minimum atomic E-state index is -4.41. The van der Waals surface area contributed by atoms with Crippen LogP contribution in [0.4, 0.5) is 13.2 Å². The number of hydrogen-bond acceptors (Lipinski definition) is 3. The van der Waals surface area contributed by atoms with E-state index in [1.807, 2.05) is 20.8 Å². The van der Waals surface area contributed by atoms with Crippen LogP contribution < -0.4 is 10.8 Å². The van der Waals surface area contributed by atoms with Crippen molar-refractivity contribution < 1.29 is 22.8 Å². The zero-order chi connectivity index (χ0) is 13.7. The van der Waals surface area contributed by atoms with Gasteiger partial charge in [-0.25, -0.2) is 0 Å².